The van der Waals surface area contributed by atoms with Gasteiger partial charge in [-0.25, -0.2) is 8.42 Å². The van der Waals surface area contributed by atoms with Crippen LogP contribution in [0.2, 0.25) is 0 Å². The van der Waals surface area contributed by atoms with Crippen LogP contribution in [0.15, 0.2) is 53.4 Å². The van der Waals surface area contributed by atoms with Crippen molar-refractivity contribution in [3.63, 3.8) is 0 Å². The van der Waals surface area contributed by atoms with Crippen LogP contribution >= 0.6 is 0 Å². The number of piperazine rings is 1. The zero-order valence-electron chi connectivity index (χ0n) is 20.5. The van der Waals surface area contributed by atoms with Crippen LogP contribution in [0.4, 0.5) is 0 Å². The lowest BCUT2D eigenvalue weighted by molar-refractivity contribution is -0.132. The zero-order chi connectivity index (χ0) is 24.8. The highest BCUT2D eigenvalue weighted by molar-refractivity contribution is 7.89. The van der Waals surface area contributed by atoms with Gasteiger partial charge in [-0.05, 0) is 61.1 Å². The van der Waals surface area contributed by atoms with Crippen LogP contribution in [0.1, 0.15) is 54.1 Å². The summed E-state index contributed by atoms with van der Waals surface area (Å²) in [6, 6.07) is 14.7. The first-order valence-electron chi connectivity index (χ1n) is 12.6. The van der Waals surface area contributed by atoms with Crippen LogP contribution in [0.25, 0.3) is 0 Å². The maximum atomic E-state index is 12.8. The predicted octanol–water partition coefficient (Wildman–Crippen LogP) is 3.34. The fourth-order valence-electron chi connectivity index (χ4n) is 4.72. The van der Waals surface area contributed by atoms with E-state index in [-0.39, 0.29) is 11.8 Å². The van der Waals surface area contributed by atoms with E-state index in [4.69, 9.17) is 0 Å². The molecule has 0 aliphatic carbocycles. The summed E-state index contributed by atoms with van der Waals surface area (Å²) in [6.07, 6.45) is 4.77. The molecule has 4 rings (SSSR count). The third-order valence-corrected chi connectivity index (χ3v) is 8.95. The summed E-state index contributed by atoms with van der Waals surface area (Å²) >= 11 is 0. The Hall–Kier alpha value is -2.71. The third-order valence-electron chi connectivity index (χ3n) is 7.03. The maximum Gasteiger partial charge on any atom is 0.253 e. The minimum Gasteiger partial charge on any atom is -0.339 e. The molecule has 2 saturated heterocycles. The molecule has 2 aliphatic heterocycles. The first kappa shape index (κ1) is 25.4. The minimum atomic E-state index is -3.44. The lowest BCUT2D eigenvalue weighted by Crippen LogP contribution is -2.50. The SMILES string of the molecule is CCc1ccc(C(=O)N2CCN(C(=O)CCc3ccc(S(=O)(=O)N4CCCCC4)cc3)CC2)cc1. The molecule has 0 atom stereocenters. The van der Waals surface area contributed by atoms with Crippen molar-refractivity contribution in [3.8, 4) is 0 Å². The molecule has 35 heavy (non-hydrogen) atoms. The van der Waals surface area contributed by atoms with Gasteiger partial charge < -0.3 is 9.80 Å². The molecule has 8 heteroatoms. The standard InChI is InChI=1S/C27H35N3O4S/c1-2-22-6-11-24(12-7-22)27(32)29-20-18-28(19-21-29)26(31)15-10-23-8-13-25(14-9-23)35(33,34)30-16-4-3-5-17-30/h6-9,11-14H,2-5,10,15-21H2,1H3. The molecular weight excluding hydrogens is 462 g/mol. The van der Waals surface area contributed by atoms with E-state index in [2.05, 4.69) is 6.92 Å². The van der Waals surface area contributed by atoms with Crippen LogP contribution in [-0.2, 0) is 27.7 Å². The van der Waals surface area contributed by atoms with Crippen molar-refractivity contribution in [2.75, 3.05) is 39.3 Å². The first-order chi connectivity index (χ1) is 16.9. The highest BCUT2D eigenvalue weighted by atomic mass is 32.2. The molecule has 2 aromatic rings. The van der Waals surface area contributed by atoms with Crippen LogP contribution in [0.5, 0.6) is 0 Å². The summed E-state index contributed by atoms with van der Waals surface area (Å²) < 4.78 is 27.2. The monoisotopic (exact) mass is 497 g/mol. The van der Waals surface area contributed by atoms with E-state index in [0.717, 1.165) is 31.2 Å². The normalized spacial score (nSPS) is 17.4. The number of rotatable bonds is 7. The van der Waals surface area contributed by atoms with E-state index in [1.165, 1.54) is 5.56 Å². The van der Waals surface area contributed by atoms with Crippen LogP contribution in [0.3, 0.4) is 0 Å². The Balaban J connectivity index is 1.25. The summed E-state index contributed by atoms with van der Waals surface area (Å²) in [5.41, 5.74) is 2.84. The van der Waals surface area contributed by atoms with Crippen molar-refractivity contribution in [2.24, 2.45) is 0 Å². The van der Waals surface area contributed by atoms with Gasteiger partial charge in [-0.1, -0.05) is 37.6 Å². The lowest BCUT2D eigenvalue weighted by atomic mass is 10.1. The molecular formula is C27H35N3O4S. The second-order valence-corrected chi connectivity index (χ2v) is 11.3. The van der Waals surface area contributed by atoms with Crippen LogP contribution < -0.4 is 0 Å². The van der Waals surface area contributed by atoms with Crippen molar-refractivity contribution >= 4 is 21.8 Å². The average Bonchev–Trinajstić information content (AvgIpc) is 2.92. The molecule has 188 valence electrons. The van der Waals surface area contributed by atoms with E-state index in [1.54, 1.807) is 16.4 Å². The fraction of sp³-hybridized carbons (Fsp3) is 0.481. The molecule has 0 N–H and O–H groups in total. The van der Waals surface area contributed by atoms with Gasteiger partial charge in [-0.2, -0.15) is 4.31 Å². The topological polar surface area (TPSA) is 78.0 Å². The minimum absolute atomic E-state index is 0.0133. The van der Waals surface area contributed by atoms with Gasteiger partial charge in [0.1, 0.15) is 0 Å². The number of piperidine rings is 1. The molecule has 2 aromatic carbocycles. The second-order valence-electron chi connectivity index (χ2n) is 9.33. The molecule has 0 saturated carbocycles. The Kier molecular flexibility index (Phi) is 8.23. The van der Waals surface area contributed by atoms with Gasteiger partial charge in [-0.15, -0.1) is 0 Å². The number of amides is 2. The van der Waals surface area contributed by atoms with Crippen LogP contribution in [-0.4, -0.2) is 73.6 Å². The summed E-state index contributed by atoms with van der Waals surface area (Å²) in [6.45, 7) is 5.38. The Morgan fingerprint density at radius 3 is 1.91 bits per heavy atom. The van der Waals surface area contributed by atoms with E-state index < -0.39 is 10.0 Å². The van der Waals surface area contributed by atoms with Gasteiger partial charge in [0, 0.05) is 51.3 Å². The first-order valence-corrected chi connectivity index (χ1v) is 14.1. The van der Waals surface area contributed by atoms with Crippen molar-refractivity contribution in [3.05, 3.63) is 65.2 Å². The van der Waals surface area contributed by atoms with E-state index >= 15 is 0 Å². The average molecular weight is 498 g/mol. The molecule has 2 aliphatic rings. The van der Waals surface area contributed by atoms with E-state index in [9.17, 15) is 18.0 Å². The molecule has 0 radical (unpaired) electrons. The largest absolute Gasteiger partial charge is 0.339 e. The maximum absolute atomic E-state index is 12.8. The summed E-state index contributed by atoms with van der Waals surface area (Å²) in [4.78, 5) is 29.5. The summed E-state index contributed by atoms with van der Waals surface area (Å²) in [5.74, 6) is 0.0776. The van der Waals surface area contributed by atoms with Gasteiger partial charge in [0.2, 0.25) is 15.9 Å². The van der Waals surface area contributed by atoms with Gasteiger partial charge in [0.25, 0.3) is 5.91 Å². The number of nitrogens with zero attached hydrogens (tertiary/aromatic N) is 3. The number of hydrogen-bond acceptors (Lipinski definition) is 4. The molecule has 0 spiro atoms. The van der Waals surface area contributed by atoms with Gasteiger partial charge in [0.15, 0.2) is 0 Å². The highest BCUT2D eigenvalue weighted by Gasteiger charge is 2.26. The Labute approximate surface area is 208 Å². The van der Waals surface area contributed by atoms with Crippen molar-refractivity contribution in [1.82, 2.24) is 14.1 Å². The Bertz CT molecular complexity index is 1120. The molecule has 2 heterocycles. The third kappa shape index (κ3) is 6.11. The molecule has 0 aromatic heterocycles. The van der Waals surface area contributed by atoms with Gasteiger partial charge >= 0.3 is 0 Å². The molecule has 2 amide bonds. The fourth-order valence-corrected chi connectivity index (χ4v) is 6.23. The Morgan fingerprint density at radius 2 is 1.31 bits per heavy atom. The molecule has 7 nitrogen and oxygen atoms in total. The van der Waals surface area contributed by atoms with Crippen LogP contribution in [0, 0.1) is 0 Å². The number of sulfonamides is 1. The Morgan fingerprint density at radius 1 is 0.743 bits per heavy atom. The number of aryl methyl sites for hydroxylation is 2. The predicted molar refractivity (Wildman–Crippen MR) is 136 cm³/mol. The lowest BCUT2D eigenvalue weighted by Gasteiger charge is -2.35. The number of carbonyl (C=O) groups excluding carboxylic acids is 2. The smallest absolute Gasteiger partial charge is 0.253 e. The molecule has 0 bridgehead atoms. The second kappa shape index (κ2) is 11.4. The van der Waals surface area contributed by atoms with Gasteiger partial charge in [0.05, 0.1) is 4.90 Å². The van der Waals surface area contributed by atoms with Crippen molar-refractivity contribution in [2.45, 2.75) is 50.3 Å². The van der Waals surface area contributed by atoms with Gasteiger partial charge in [-0.3, -0.25) is 9.59 Å². The van der Waals surface area contributed by atoms with Crippen molar-refractivity contribution in [1.29, 1.82) is 0 Å². The summed E-state index contributed by atoms with van der Waals surface area (Å²) in [7, 11) is -3.44. The highest BCUT2D eigenvalue weighted by Crippen LogP contribution is 2.21. The summed E-state index contributed by atoms with van der Waals surface area (Å²) in [5, 5.41) is 0. The van der Waals surface area contributed by atoms with Crippen molar-refractivity contribution < 1.29 is 18.0 Å². The number of benzene rings is 2. The van der Waals surface area contributed by atoms with E-state index in [0.29, 0.717) is 62.6 Å². The number of carbonyl (C=O) groups is 2. The van der Waals surface area contributed by atoms with E-state index in [1.807, 2.05) is 46.2 Å². The molecule has 2 fully saturated rings. The quantitative estimate of drug-likeness (QED) is 0.588. The number of hydrogen-bond donors (Lipinski definition) is 0. The molecule has 0 unspecified atom stereocenters. The zero-order valence-corrected chi connectivity index (χ0v) is 21.3.